The van der Waals surface area contributed by atoms with Gasteiger partial charge in [0.15, 0.2) is 0 Å². The Morgan fingerprint density at radius 1 is 0.412 bits per heavy atom. The second kappa shape index (κ2) is 16.9. The summed E-state index contributed by atoms with van der Waals surface area (Å²) in [5.74, 6) is 2.46. The van der Waals surface area contributed by atoms with Gasteiger partial charge in [-0.05, 0) is 98.8 Å². The third-order valence-electron chi connectivity index (χ3n) is 13.8. The Bertz CT molecular complexity index is 3180. The molecule has 1 aliphatic heterocycles. The van der Waals surface area contributed by atoms with E-state index in [4.69, 9.17) is 9.72 Å². The van der Waals surface area contributed by atoms with Crippen LogP contribution in [0.5, 0.6) is 11.5 Å². The Morgan fingerprint density at radius 2 is 0.971 bits per heavy atom. The number of para-hydroxylation sites is 1. The van der Waals surface area contributed by atoms with Gasteiger partial charge in [-0.2, -0.15) is 0 Å². The van der Waals surface area contributed by atoms with E-state index in [2.05, 4.69) is 263 Å². The maximum Gasteiger partial charge on any atom is 0.137 e. The number of pyridine rings is 1. The molecule has 0 spiro atoms. The van der Waals surface area contributed by atoms with Gasteiger partial charge in [-0.1, -0.05) is 182 Å². The zero-order valence-corrected chi connectivity index (χ0v) is 42.9. The van der Waals surface area contributed by atoms with E-state index in [1.807, 2.05) is 6.20 Å². The molecule has 0 fully saturated rings. The lowest BCUT2D eigenvalue weighted by Crippen LogP contribution is -2.31. The number of rotatable bonds is 8. The van der Waals surface area contributed by atoms with Gasteiger partial charge < -0.3 is 14.5 Å². The zero-order chi connectivity index (χ0) is 48.6. The Kier molecular flexibility index (Phi) is 11.5. The van der Waals surface area contributed by atoms with Crippen molar-refractivity contribution in [1.29, 1.82) is 0 Å². The van der Waals surface area contributed by atoms with Crippen LogP contribution in [0.25, 0.3) is 38.8 Å². The molecule has 0 radical (unpaired) electrons. The van der Waals surface area contributed by atoms with E-state index in [-0.39, 0.29) is 27.1 Å². The molecule has 5 nitrogen and oxygen atoms in total. The minimum atomic E-state index is -0.217. The largest absolute Gasteiger partial charge is 0.457 e. The number of hydrogen-bond acceptors (Lipinski definition) is 4. The van der Waals surface area contributed by atoms with Gasteiger partial charge in [0.25, 0.3) is 0 Å². The van der Waals surface area contributed by atoms with Crippen LogP contribution in [0.3, 0.4) is 0 Å². The van der Waals surface area contributed by atoms with Gasteiger partial charge in [0, 0.05) is 68.1 Å². The fraction of sp³-hybridized carbons (Fsp3) is 0.317. The fourth-order valence-corrected chi connectivity index (χ4v) is 10.1. The quantitative estimate of drug-likeness (QED) is 0.152. The molecule has 0 saturated heterocycles. The molecule has 2 aromatic heterocycles. The SMILES string of the molecule is CC(C)(C)C1=C(C(C)(C)C)N(c2cc(-c3ccccc3)cc(C(C)(C)C)c2)CN1c1cc(Oc2ccc3c4ccccc4n(-c4cc(C(C)(C)c5ccccc5)ccn4)c3c2)cc(C(C)(C)C)c1. The summed E-state index contributed by atoms with van der Waals surface area (Å²) in [7, 11) is 0. The predicted octanol–water partition coefficient (Wildman–Crippen LogP) is 17.1. The van der Waals surface area contributed by atoms with Gasteiger partial charge in [-0.3, -0.25) is 4.57 Å². The second-order valence-electron chi connectivity index (χ2n) is 23.6. The van der Waals surface area contributed by atoms with Crippen molar-refractivity contribution in [2.24, 2.45) is 10.8 Å². The predicted molar refractivity (Wildman–Crippen MR) is 289 cm³/mol. The van der Waals surface area contributed by atoms with Crippen LogP contribution in [0.1, 0.15) is 119 Å². The first-order valence-electron chi connectivity index (χ1n) is 24.4. The Morgan fingerprint density at radius 3 is 1.59 bits per heavy atom. The highest BCUT2D eigenvalue weighted by atomic mass is 16.5. The summed E-state index contributed by atoms with van der Waals surface area (Å²) >= 11 is 0. The van der Waals surface area contributed by atoms with Crippen molar-refractivity contribution in [3.63, 3.8) is 0 Å². The molecule has 3 heterocycles. The smallest absolute Gasteiger partial charge is 0.137 e. The summed E-state index contributed by atoms with van der Waals surface area (Å²) in [4.78, 5) is 10.2. The van der Waals surface area contributed by atoms with E-state index >= 15 is 0 Å². The Balaban J connectivity index is 1.17. The van der Waals surface area contributed by atoms with Gasteiger partial charge in [0.1, 0.15) is 17.3 Å². The summed E-state index contributed by atoms with van der Waals surface area (Å²) in [6.07, 6.45) is 1.95. The molecule has 5 heteroatoms. The summed E-state index contributed by atoms with van der Waals surface area (Å²) in [6, 6.07) is 55.2. The van der Waals surface area contributed by atoms with Crippen molar-refractivity contribution in [1.82, 2.24) is 9.55 Å². The molecule has 9 rings (SSSR count). The van der Waals surface area contributed by atoms with Crippen LogP contribution in [-0.4, -0.2) is 16.2 Å². The third kappa shape index (κ3) is 8.84. The summed E-state index contributed by atoms with van der Waals surface area (Å²) in [5.41, 5.74) is 13.9. The lowest BCUT2D eigenvalue weighted by atomic mass is 9.78. The molecule has 8 aromatic rings. The molecule has 0 N–H and O–H groups in total. The molecule has 1 aliphatic rings. The van der Waals surface area contributed by atoms with Crippen molar-refractivity contribution in [2.45, 2.75) is 113 Å². The van der Waals surface area contributed by atoms with E-state index < -0.39 is 0 Å². The number of ether oxygens (including phenoxy) is 1. The van der Waals surface area contributed by atoms with Gasteiger partial charge in [0.2, 0.25) is 0 Å². The highest BCUT2D eigenvalue weighted by molar-refractivity contribution is 6.09. The average molecular weight is 899 g/mol. The lowest BCUT2D eigenvalue weighted by molar-refractivity contribution is 0.444. The molecule has 0 atom stereocenters. The van der Waals surface area contributed by atoms with Crippen molar-refractivity contribution >= 4 is 33.2 Å². The molecule has 0 unspecified atom stereocenters. The number of anilines is 2. The molecule has 6 aromatic carbocycles. The van der Waals surface area contributed by atoms with Crippen molar-refractivity contribution in [3.8, 4) is 28.4 Å². The van der Waals surface area contributed by atoms with Crippen molar-refractivity contribution < 1.29 is 4.74 Å². The highest BCUT2D eigenvalue weighted by Crippen LogP contribution is 2.50. The summed E-state index contributed by atoms with van der Waals surface area (Å²) < 4.78 is 9.40. The normalized spacial score (nSPS) is 14.1. The minimum absolute atomic E-state index is 0.0398. The molecule has 0 aliphatic carbocycles. The van der Waals surface area contributed by atoms with Crippen LogP contribution in [-0.2, 0) is 16.2 Å². The number of fused-ring (bicyclic) bond motifs is 3. The summed E-state index contributed by atoms with van der Waals surface area (Å²) in [5, 5.41) is 2.34. The average Bonchev–Trinajstić information content (AvgIpc) is 3.87. The number of aromatic nitrogens is 2. The van der Waals surface area contributed by atoms with Gasteiger partial charge in [-0.25, -0.2) is 4.98 Å². The van der Waals surface area contributed by atoms with E-state index in [9.17, 15) is 0 Å². The summed E-state index contributed by atoms with van der Waals surface area (Å²) in [6.45, 7) is 33.2. The van der Waals surface area contributed by atoms with Crippen LogP contribution < -0.4 is 14.5 Å². The van der Waals surface area contributed by atoms with Gasteiger partial charge in [0.05, 0.1) is 17.7 Å². The Hall–Kier alpha value is -6.59. The van der Waals surface area contributed by atoms with Crippen molar-refractivity contribution in [2.75, 3.05) is 16.5 Å². The van der Waals surface area contributed by atoms with Crippen LogP contribution in [0.15, 0.2) is 169 Å². The van der Waals surface area contributed by atoms with E-state index in [0.717, 1.165) is 39.4 Å². The van der Waals surface area contributed by atoms with Gasteiger partial charge in [-0.15, -0.1) is 0 Å². The molecule has 348 valence electrons. The zero-order valence-electron chi connectivity index (χ0n) is 42.9. The molecule has 0 amide bonds. The van der Waals surface area contributed by atoms with E-state index in [1.165, 1.54) is 55.8 Å². The fourth-order valence-electron chi connectivity index (χ4n) is 10.1. The maximum absolute atomic E-state index is 7.10. The molecule has 0 bridgehead atoms. The van der Waals surface area contributed by atoms with E-state index in [0.29, 0.717) is 6.67 Å². The van der Waals surface area contributed by atoms with Crippen LogP contribution in [0.4, 0.5) is 11.4 Å². The van der Waals surface area contributed by atoms with E-state index in [1.54, 1.807) is 0 Å². The first kappa shape index (κ1) is 46.5. The van der Waals surface area contributed by atoms with Crippen LogP contribution in [0, 0.1) is 10.8 Å². The number of nitrogens with zero attached hydrogens (tertiary/aromatic N) is 4. The highest BCUT2D eigenvalue weighted by Gasteiger charge is 2.42. The lowest BCUT2D eigenvalue weighted by Gasteiger charge is -2.35. The number of hydrogen-bond donors (Lipinski definition) is 0. The topological polar surface area (TPSA) is 33.5 Å². The molecular weight excluding hydrogens is 829 g/mol. The molecule has 0 saturated carbocycles. The maximum atomic E-state index is 7.10. The first-order chi connectivity index (χ1) is 32.0. The molecule has 68 heavy (non-hydrogen) atoms. The molecular formula is C63H70N4O. The monoisotopic (exact) mass is 899 g/mol. The minimum Gasteiger partial charge on any atom is -0.457 e. The Labute approximate surface area is 406 Å². The number of allylic oxidation sites excluding steroid dienone is 2. The third-order valence-corrected chi connectivity index (χ3v) is 13.8. The van der Waals surface area contributed by atoms with Crippen molar-refractivity contribution in [3.05, 3.63) is 192 Å². The van der Waals surface area contributed by atoms with Crippen LogP contribution in [0.2, 0.25) is 0 Å². The standard InChI is InChI=1S/C63H70N4O/c1-59(2,3)46-33-43(42-23-17-15-18-24-42)34-48(35-46)65-41-66(58(62(10,11)12)57(65)61(7,8)9)49-36-47(60(4,5)6)37-51(39-49)68-50-29-30-53-52-27-21-22-28-54(52)67(55(53)40-50)56-38-45(31-32-64-56)63(13,14)44-25-19-16-20-26-44/h15-40H,41H2,1-14H3. The number of benzene rings is 6. The van der Waals surface area contributed by atoms with Crippen LogP contribution >= 0.6 is 0 Å². The first-order valence-corrected chi connectivity index (χ1v) is 24.4. The van der Waals surface area contributed by atoms with Gasteiger partial charge >= 0.3 is 0 Å². The second-order valence-corrected chi connectivity index (χ2v) is 23.6.